The number of carbonyl (C=O) groups is 1. The Morgan fingerprint density at radius 1 is 1.42 bits per heavy atom. The third-order valence-corrected chi connectivity index (χ3v) is 3.84. The molecule has 2 N–H and O–H groups in total. The Kier molecular flexibility index (Phi) is 5.56. The number of nitrogens with one attached hydrogen (secondary N) is 1. The van der Waals surface area contributed by atoms with Crippen molar-refractivity contribution in [3.8, 4) is 0 Å². The highest BCUT2D eigenvalue weighted by atomic mass is 16.5. The molecule has 0 spiro atoms. The molecule has 19 heavy (non-hydrogen) atoms. The highest BCUT2D eigenvalue weighted by Gasteiger charge is 2.33. The van der Waals surface area contributed by atoms with Crippen molar-refractivity contribution >= 4 is 5.91 Å². The lowest BCUT2D eigenvalue weighted by Crippen LogP contribution is -2.38. The fraction of sp³-hybridized carbons (Fsp3) is 0.800. The maximum atomic E-state index is 11.8. The van der Waals surface area contributed by atoms with Gasteiger partial charge < -0.3 is 15.2 Å². The van der Waals surface area contributed by atoms with Crippen LogP contribution in [0.5, 0.6) is 0 Å². The van der Waals surface area contributed by atoms with E-state index >= 15 is 0 Å². The molecule has 4 heteroatoms. The van der Waals surface area contributed by atoms with Gasteiger partial charge in [-0.25, -0.2) is 0 Å². The van der Waals surface area contributed by atoms with Crippen LogP contribution in [0.25, 0.3) is 0 Å². The fourth-order valence-electron chi connectivity index (χ4n) is 2.29. The summed E-state index contributed by atoms with van der Waals surface area (Å²) in [6.07, 6.45) is 5.55. The largest absolute Gasteiger partial charge is 0.389 e. The van der Waals surface area contributed by atoms with E-state index < -0.39 is 5.60 Å². The van der Waals surface area contributed by atoms with Gasteiger partial charge in [-0.15, -0.1) is 0 Å². The number of hydrogen-bond acceptors (Lipinski definition) is 3. The first kappa shape index (κ1) is 16.2. The van der Waals surface area contributed by atoms with Gasteiger partial charge >= 0.3 is 0 Å². The average molecular weight is 269 g/mol. The van der Waals surface area contributed by atoms with Gasteiger partial charge in [0.15, 0.2) is 0 Å². The van der Waals surface area contributed by atoms with E-state index in [1.165, 1.54) is 0 Å². The zero-order valence-electron chi connectivity index (χ0n) is 12.5. The van der Waals surface area contributed by atoms with Gasteiger partial charge in [-0.3, -0.25) is 4.79 Å². The van der Waals surface area contributed by atoms with Gasteiger partial charge in [0.25, 0.3) is 0 Å². The Balaban J connectivity index is 2.59. The van der Waals surface area contributed by atoms with Crippen molar-refractivity contribution in [1.29, 1.82) is 0 Å². The predicted molar refractivity (Wildman–Crippen MR) is 75.8 cm³/mol. The van der Waals surface area contributed by atoms with Crippen LogP contribution in [0.1, 0.15) is 40.5 Å². The first-order valence-corrected chi connectivity index (χ1v) is 7.02. The van der Waals surface area contributed by atoms with Gasteiger partial charge in [0.2, 0.25) is 5.91 Å². The second-order valence-electron chi connectivity index (χ2n) is 6.36. The third kappa shape index (κ3) is 5.33. The van der Waals surface area contributed by atoms with Crippen molar-refractivity contribution in [3.63, 3.8) is 0 Å². The third-order valence-electron chi connectivity index (χ3n) is 3.84. The smallest absolute Gasteiger partial charge is 0.243 e. The van der Waals surface area contributed by atoms with Gasteiger partial charge in [0.1, 0.15) is 0 Å². The number of amides is 1. The predicted octanol–water partition coefficient (Wildman–Crippen LogP) is 1.88. The molecule has 1 aliphatic rings. The Hall–Kier alpha value is -0.870. The van der Waals surface area contributed by atoms with Crippen LogP contribution >= 0.6 is 0 Å². The van der Waals surface area contributed by atoms with Crippen molar-refractivity contribution in [2.45, 2.75) is 46.1 Å². The van der Waals surface area contributed by atoms with Crippen LogP contribution in [0.4, 0.5) is 0 Å². The average Bonchev–Trinajstić information content (AvgIpc) is 2.34. The van der Waals surface area contributed by atoms with E-state index in [9.17, 15) is 9.90 Å². The quantitative estimate of drug-likeness (QED) is 0.749. The molecule has 0 unspecified atom stereocenters. The van der Waals surface area contributed by atoms with Crippen molar-refractivity contribution in [3.05, 3.63) is 12.2 Å². The number of rotatable bonds is 5. The lowest BCUT2D eigenvalue weighted by molar-refractivity contribution is -0.117. The number of hydrogen-bond donors (Lipinski definition) is 2. The van der Waals surface area contributed by atoms with Crippen LogP contribution in [0.3, 0.4) is 0 Å². The van der Waals surface area contributed by atoms with Gasteiger partial charge in [-0.2, -0.15) is 0 Å². The molecule has 0 saturated carbocycles. The topological polar surface area (TPSA) is 58.6 Å². The van der Waals surface area contributed by atoms with E-state index in [1.54, 1.807) is 19.9 Å². The fourth-order valence-corrected chi connectivity index (χ4v) is 2.29. The maximum absolute atomic E-state index is 11.8. The summed E-state index contributed by atoms with van der Waals surface area (Å²) in [4.78, 5) is 11.8. The molecule has 1 aliphatic heterocycles. The van der Waals surface area contributed by atoms with Crippen LogP contribution in [-0.2, 0) is 9.53 Å². The Bertz CT molecular complexity index is 323. The lowest BCUT2D eigenvalue weighted by Gasteiger charge is -2.38. The van der Waals surface area contributed by atoms with Crippen molar-refractivity contribution in [2.75, 3.05) is 19.8 Å². The minimum Gasteiger partial charge on any atom is -0.389 e. The van der Waals surface area contributed by atoms with Crippen molar-refractivity contribution < 1.29 is 14.6 Å². The zero-order valence-corrected chi connectivity index (χ0v) is 12.5. The molecule has 1 heterocycles. The zero-order chi connectivity index (χ0) is 14.5. The number of carbonyl (C=O) groups excluding carboxylic acids is 1. The van der Waals surface area contributed by atoms with E-state index in [4.69, 9.17) is 4.74 Å². The Morgan fingerprint density at radius 3 is 2.47 bits per heavy atom. The van der Waals surface area contributed by atoms with Gasteiger partial charge in [-0.1, -0.05) is 19.9 Å². The number of aliphatic hydroxyl groups is 1. The SMILES string of the molecule is CC(C)C1(/C=C/C(=O)NCC(C)(C)O)CCOCC1. The maximum Gasteiger partial charge on any atom is 0.243 e. The van der Waals surface area contributed by atoms with Gasteiger partial charge in [-0.05, 0) is 44.1 Å². The highest BCUT2D eigenvalue weighted by molar-refractivity contribution is 5.87. The molecular weight excluding hydrogens is 242 g/mol. The molecule has 0 atom stereocenters. The highest BCUT2D eigenvalue weighted by Crippen LogP contribution is 2.39. The van der Waals surface area contributed by atoms with Crippen molar-refractivity contribution in [2.24, 2.45) is 11.3 Å². The molecule has 1 saturated heterocycles. The first-order valence-electron chi connectivity index (χ1n) is 7.02. The van der Waals surface area contributed by atoms with Crippen LogP contribution < -0.4 is 5.32 Å². The monoisotopic (exact) mass is 269 g/mol. The summed E-state index contributed by atoms with van der Waals surface area (Å²) in [6.45, 7) is 9.49. The minimum atomic E-state index is -0.877. The van der Waals surface area contributed by atoms with Crippen LogP contribution in [0.2, 0.25) is 0 Å². The molecule has 0 aromatic heterocycles. The van der Waals surface area contributed by atoms with E-state index in [0.717, 1.165) is 26.1 Å². The molecule has 110 valence electrons. The summed E-state index contributed by atoms with van der Waals surface area (Å²) in [5, 5.41) is 12.3. The molecule has 4 nitrogen and oxygen atoms in total. The summed E-state index contributed by atoms with van der Waals surface area (Å²) in [7, 11) is 0. The Morgan fingerprint density at radius 2 is 2.00 bits per heavy atom. The molecule has 0 aliphatic carbocycles. The van der Waals surface area contributed by atoms with Gasteiger partial charge in [0, 0.05) is 19.8 Å². The summed E-state index contributed by atoms with van der Waals surface area (Å²) in [6, 6.07) is 0. The number of allylic oxidation sites excluding steroid dienone is 1. The second-order valence-corrected chi connectivity index (χ2v) is 6.36. The molecule has 1 fully saturated rings. The van der Waals surface area contributed by atoms with E-state index in [1.807, 2.05) is 6.08 Å². The summed E-state index contributed by atoms with van der Waals surface area (Å²) in [5.41, 5.74) is -0.817. The molecule has 1 amide bonds. The minimum absolute atomic E-state index is 0.0598. The van der Waals surface area contributed by atoms with E-state index in [2.05, 4.69) is 19.2 Å². The molecule has 0 radical (unpaired) electrons. The second kappa shape index (κ2) is 6.53. The molecule has 0 aromatic rings. The Labute approximate surface area is 116 Å². The molecule has 0 bridgehead atoms. The van der Waals surface area contributed by atoms with E-state index in [0.29, 0.717) is 5.92 Å². The molecule has 0 aromatic carbocycles. The first-order chi connectivity index (χ1) is 8.75. The summed E-state index contributed by atoms with van der Waals surface area (Å²) in [5.74, 6) is 0.336. The summed E-state index contributed by atoms with van der Waals surface area (Å²) < 4.78 is 5.41. The van der Waals surface area contributed by atoms with E-state index in [-0.39, 0.29) is 17.9 Å². The van der Waals surface area contributed by atoms with Gasteiger partial charge in [0.05, 0.1) is 5.60 Å². The normalized spacial score (nSPS) is 19.9. The van der Waals surface area contributed by atoms with Crippen LogP contribution in [0.15, 0.2) is 12.2 Å². The van der Waals surface area contributed by atoms with Crippen molar-refractivity contribution in [1.82, 2.24) is 5.32 Å². The van der Waals surface area contributed by atoms with Crippen LogP contribution in [0, 0.1) is 11.3 Å². The van der Waals surface area contributed by atoms with Crippen LogP contribution in [-0.4, -0.2) is 36.4 Å². The summed E-state index contributed by atoms with van der Waals surface area (Å²) >= 11 is 0. The molecular formula is C15H27NO3. The number of ether oxygens (including phenoxy) is 1. The molecule has 1 rings (SSSR count). The standard InChI is InChI=1S/C15H27NO3/c1-12(2)15(7-9-19-10-8-15)6-5-13(17)16-11-14(3,4)18/h5-6,12,18H,7-11H2,1-4H3,(H,16,17)/b6-5+. The lowest BCUT2D eigenvalue weighted by atomic mass is 9.71.